The molecule has 104 valence electrons. The molecule has 1 aromatic rings. The maximum Gasteiger partial charge on any atom is 0.253 e. The summed E-state index contributed by atoms with van der Waals surface area (Å²) < 4.78 is 0. The van der Waals surface area contributed by atoms with E-state index >= 15 is 0 Å². The van der Waals surface area contributed by atoms with Gasteiger partial charge in [-0.2, -0.15) is 0 Å². The number of rotatable bonds is 5. The number of carbonyl (C=O) groups is 2. The van der Waals surface area contributed by atoms with Crippen LogP contribution in [-0.2, 0) is 4.79 Å². The van der Waals surface area contributed by atoms with E-state index in [1.807, 2.05) is 13.8 Å². The average Bonchev–Trinajstić information content (AvgIpc) is 2.45. The standard InChI is InChI=1S/C14H21N3O2/c1-4-9(2)12(15)14(19)17-11-8-6-5-7-10(11)13(18)16-3/h5-9,12H,4,15H2,1-3H3,(H,16,18)(H,17,19). The summed E-state index contributed by atoms with van der Waals surface area (Å²) in [4.78, 5) is 23.7. The van der Waals surface area contributed by atoms with Crippen LogP contribution in [0.2, 0.25) is 0 Å². The van der Waals surface area contributed by atoms with Crippen molar-refractivity contribution in [3.63, 3.8) is 0 Å². The van der Waals surface area contributed by atoms with E-state index in [0.717, 1.165) is 6.42 Å². The molecule has 0 aliphatic carbocycles. The zero-order valence-electron chi connectivity index (χ0n) is 11.6. The number of amides is 2. The number of hydrogen-bond donors (Lipinski definition) is 3. The van der Waals surface area contributed by atoms with Crippen molar-refractivity contribution in [2.45, 2.75) is 26.3 Å². The molecule has 1 aromatic carbocycles. The summed E-state index contributed by atoms with van der Waals surface area (Å²) >= 11 is 0. The Balaban J connectivity index is 2.88. The lowest BCUT2D eigenvalue weighted by Crippen LogP contribution is -2.41. The molecule has 0 heterocycles. The Hall–Kier alpha value is -1.88. The molecule has 1 rings (SSSR count). The zero-order chi connectivity index (χ0) is 14.4. The Morgan fingerprint density at radius 1 is 1.32 bits per heavy atom. The molecule has 5 heteroatoms. The summed E-state index contributed by atoms with van der Waals surface area (Å²) in [6.45, 7) is 3.91. The van der Waals surface area contributed by atoms with Crippen LogP contribution < -0.4 is 16.4 Å². The number of benzene rings is 1. The fourth-order valence-electron chi connectivity index (χ4n) is 1.65. The topological polar surface area (TPSA) is 84.2 Å². The number of hydrogen-bond acceptors (Lipinski definition) is 3. The molecule has 2 unspecified atom stereocenters. The van der Waals surface area contributed by atoms with E-state index in [1.165, 1.54) is 0 Å². The van der Waals surface area contributed by atoms with Crippen molar-refractivity contribution in [2.75, 3.05) is 12.4 Å². The summed E-state index contributed by atoms with van der Waals surface area (Å²) in [6.07, 6.45) is 0.825. The van der Waals surface area contributed by atoms with Crippen molar-refractivity contribution >= 4 is 17.5 Å². The van der Waals surface area contributed by atoms with E-state index in [-0.39, 0.29) is 17.7 Å². The van der Waals surface area contributed by atoms with Gasteiger partial charge in [-0.25, -0.2) is 0 Å². The third-order valence-electron chi connectivity index (χ3n) is 3.22. The summed E-state index contributed by atoms with van der Waals surface area (Å²) in [7, 11) is 1.55. The predicted molar refractivity (Wildman–Crippen MR) is 75.9 cm³/mol. The molecule has 0 aliphatic rings. The van der Waals surface area contributed by atoms with Crippen LogP contribution >= 0.6 is 0 Å². The molecule has 4 N–H and O–H groups in total. The van der Waals surface area contributed by atoms with E-state index in [0.29, 0.717) is 11.3 Å². The highest BCUT2D eigenvalue weighted by Gasteiger charge is 2.21. The van der Waals surface area contributed by atoms with Gasteiger partial charge in [0.05, 0.1) is 17.3 Å². The molecule has 2 atom stereocenters. The first-order chi connectivity index (χ1) is 9.01. The maximum absolute atomic E-state index is 12.0. The van der Waals surface area contributed by atoms with Crippen molar-refractivity contribution < 1.29 is 9.59 Å². The van der Waals surface area contributed by atoms with Gasteiger partial charge in [0.1, 0.15) is 0 Å². The lowest BCUT2D eigenvalue weighted by molar-refractivity contribution is -0.118. The molecule has 5 nitrogen and oxygen atoms in total. The monoisotopic (exact) mass is 263 g/mol. The Bertz CT molecular complexity index is 460. The fraction of sp³-hybridized carbons (Fsp3) is 0.429. The predicted octanol–water partition coefficient (Wildman–Crippen LogP) is 1.36. The van der Waals surface area contributed by atoms with Crippen LogP contribution in [0.15, 0.2) is 24.3 Å². The molecule has 2 amide bonds. The van der Waals surface area contributed by atoms with Gasteiger partial charge < -0.3 is 16.4 Å². The van der Waals surface area contributed by atoms with E-state index in [1.54, 1.807) is 31.3 Å². The second kappa shape index (κ2) is 6.89. The number of carbonyl (C=O) groups excluding carboxylic acids is 2. The van der Waals surface area contributed by atoms with Crippen LogP contribution in [0.25, 0.3) is 0 Å². The molecule has 0 bridgehead atoms. The summed E-state index contributed by atoms with van der Waals surface area (Å²) in [5.41, 5.74) is 6.77. The van der Waals surface area contributed by atoms with Crippen LogP contribution in [0.5, 0.6) is 0 Å². The molecular formula is C14H21N3O2. The first-order valence-electron chi connectivity index (χ1n) is 6.38. The van der Waals surface area contributed by atoms with Gasteiger partial charge >= 0.3 is 0 Å². The Morgan fingerprint density at radius 3 is 2.53 bits per heavy atom. The van der Waals surface area contributed by atoms with Gasteiger partial charge in [-0.1, -0.05) is 32.4 Å². The molecule has 19 heavy (non-hydrogen) atoms. The highest BCUT2D eigenvalue weighted by molar-refractivity contribution is 6.04. The summed E-state index contributed by atoms with van der Waals surface area (Å²) in [5.74, 6) is -0.425. The first-order valence-corrected chi connectivity index (χ1v) is 6.38. The van der Waals surface area contributed by atoms with Crippen LogP contribution in [0.1, 0.15) is 30.6 Å². The minimum Gasteiger partial charge on any atom is -0.355 e. The first kappa shape index (κ1) is 15.2. The molecule has 0 saturated carbocycles. The zero-order valence-corrected chi connectivity index (χ0v) is 11.6. The van der Waals surface area contributed by atoms with Gasteiger partial charge in [0.15, 0.2) is 0 Å². The SMILES string of the molecule is CCC(C)C(N)C(=O)Nc1ccccc1C(=O)NC. The lowest BCUT2D eigenvalue weighted by atomic mass is 9.99. The second-order valence-corrected chi connectivity index (χ2v) is 4.53. The van der Waals surface area contributed by atoms with Gasteiger partial charge in [-0.05, 0) is 18.1 Å². The Kier molecular flexibility index (Phi) is 5.51. The third-order valence-corrected chi connectivity index (χ3v) is 3.22. The van der Waals surface area contributed by atoms with Crippen LogP contribution in [0, 0.1) is 5.92 Å². The van der Waals surface area contributed by atoms with Crippen molar-refractivity contribution in [3.8, 4) is 0 Å². The molecule has 0 saturated heterocycles. The van der Waals surface area contributed by atoms with Gasteiger partial charge in [0.25, 0.3) is 5.91 Å². The molecule has 0 aromatic heterocycles. The van der Waals surface area contributed by atoms with Gasteiger partial charge in [0.2, 0.25) is 5.91 Å². The molecule has 0 spiro atoms. The van der Waals surface area contributed by atoms with Crippen LogP contribution in [0.3, 0.4) is 0 Å². The molecule has 0 radical (unpaired) electrons. The fourth-order valence-corrected chi connectivity index (χ4v) is 1.65. The quantitative estimate of drug-likeness (QED) is 0.750. The summed E-state index contributed by atoms with van der Waals surface area (Å²) in [5, 5.41) is 5.25. The molecule has 0 aliphatic heterocycles. The van der Waals surface area contributed by atoms with Crippen LogP contribution in [0.4, 0.5) is 5.69 Å². The van der Waals surface area contributed by atoms with E-state index in [9.17, 15) is 9.59 Å². The van der Waals surface area contributed by atoms with Crippen molar-refractivity contribution in [2.24, 2.45) is 11.7 Å². The molecule has 0 fully saturated rings. The van der Waals surface area contributed by atoms with Gasteiger partial charge in [-0.15, -0.1) is 0 Å². The van der Waals surface area contributed by atoms with Crippen molar-refractivity contribution in [1.82, 2.24) is 5.32 Å². The number of anilines is 1. The highest BCUT2D eigenvalue weighted by Crippen LogP contribution is 2.16. The largest absolute Gasteiger partial charge is 0.355 e. The van der Waals surface area contributed by atoms with E-state index < -0.39 is 6.04 Å². The van der Waals surface area contributed by atoms with Crippen molar-refractivity contribution in [3.05, 3.63) is 29.8 Å². The lowest BCUT2D eigenvalue weighted by Gasteiger charge is -2.18. The minimum atomic E-state index is -0.581. The number of para-hydroxylation sites is 1. The maximum atomic E-state index is 12.0. The Labute approximate surface area is 113 Å². The number of nitrogens with two attached hydrogens (primary N) is 1. The van der Waals surface area contributed by atoms with Gasteiger partial charge in [-0.3, -0.25) is 9.59 Å². The van der Waals surface area contributed by atoms with E-state index in [4.69, 9.17) is 5.73 Å². The third kappa shape index (κ3) is 3.79. The Morgan fingerprint density at radius 2 is 1.95 bits per heavy atom. The van der Waals surface area contributed by atoms with E-state index in [2.05, 4.69) is 10.6 Å². The van der Waals surface area contributed by atoms with Crippen LogP contribution in [-0.4, -0.2) is 24.9 Å². The summed E-state index contributed by atoms with van der Waals surface area (Å²) in [6, 6.07) is 6.27. The van der Waals surface area contributed by atoms with Gasteiger partial charge in [0, 0.05) is 7.05 Å². The normalized spacial score (nSPS) is 13.5. The smallest absolute Gasteiger partial charge is 0.253 e. The minimum absolute atomic E-state index is 0.0900. The van der Waals surface area contributed by atoms with Crippen molar-refractivity contribution in [1.29, 1.82) is 0 Å². The average molecular weight is 263 g/mol. The second-order valence-electron chi connectivity index (χ2n) is 4.53. The molecular weight excluding hydrogens is 242 g/mol. The highest BCUT2D eigenvalue weighted by atomic mass is 16.2. The number of nitrogens with one attached hydrogen (secondary N) is 2.